The Morgan fingerprint density at radius 3 is 3.00 bits per heavy atom. The molecule has 5 nitrogen and oxygen atoms in total. The van der Waals surface area contributed by atoms with E-state index in [0.717, 1.165) is 42.5 Å². The first-order valence-corrected chi connectivity index (χ1v) is 8.04. The minimum atomic E-state index is 0.351. The fourth-order valence-corrected chi connectivity index (χ4v) is 3.28. The zero-order valence-electron chi connectivity index (χ0n) is 13.2. The molecule has 0 amide bonds. The molecule has 1 aliphatic rings. The van der Waals surface area contributed by atoms with Gasteiger partial charge in [-0.25, -0.2) is 9.97 Å². The summed E-state index contributed by atoms with van der Waals surface area (Å²) in [6, 6.07) is 10.7. The zero-order valence-corrected chi connectivity index (χ0v) is 13.2. The summed E-state index contributed by atoms with van der Waals surface area (Å²) in [6.45, 7) is 3.91. The van der Waals surface area contributed by atoms with Gasteiger partial charge in [-0.2, -0.15) is 0 Å². The van der Waals surface area contributed by atoms with Crippen molar-refractivity contribution in [1.29, 1.82) is 0 Å². The van der Waals surface area contributed by atoms with Gasteiger partial charge in [0, 0.05) is 12.4 Å². The molecule has 118 valence electrons. The van der Waals surface area contributed by atoms with Gasteiger partial charge in [0.05, 0.1) is 18.3 Å². The molecule has 3 aromatic rings. The summed E-state index contributed by atoms with van der Waals surface area (Å²) < 4.78 is 7.68. The highest BCUT2D eigenvalue weighted by Crippen LogP contribution is 2.32. The molecule has 0 radical (unpaired) electrons. The molecule has 1 saturated heterocycles. The first kappa shape index (κ1) is 14.2. The highest BCUT2D eigenvalue weighted by Gasteiger charge is 2.28. The highest BCUT2D eigenvalue weighted by atomic mass is 16.3. The van der Waals surface area contributed by atoms with E-state index in [1.54, 1.807) is 12.5 Å². The van der Waals surface area contributed by atoms with Gasteiger partial charge >= 0.3 is 0 Å². The largest absolute Gasteiger partial charge is 0.465 e. The third-order valence-electron chi connectivity index (χ3n) is 4.38. The van der Waals surface area contributed by atoms with Gasteiger partial charge in [0.2, 0.25) is 0 Å². The molecule has 0 aliphatic carbocycles. The van der Waals surface area contributed by atoms with Gasteiger partial charge in [-0.15, -0.1) is 0 Å². The number of likely N-dealkylation sites (tertiary alicyclic amines) is 1. The summed E-state index contributed by atoms with van der Waals surface area (Å²) in [5, 5.41) is 0. The first-order chi connectivity index (χ1) is 11.3. The van der Waals surface area contributed by atoms with Crippen molar-refractivity contribution in [3.8, 4) is 5.82 Å². The van der Waals surface area contributed by atoms with E-state index in [0.29, 0.717) is 6.04 Å². The van der Waals surface area contributed by atoms with Crippen molar-refractivity contribution in [2.45, 2.75) is 32.4 Å². The van der Waals surface area contributed by atoms with Crippen molar-refractivity contribution in [3.63, 3.8) is 0 Å². The van der Waals surface area contributed by atoms with Crippen LogP contribution in [-0.2, 0) is 6.54 Å². The van der Waals surface area contributed by atoms with Crippen LogP contribution >= 0.6 is 0 Å². The molecule has 1 atom stereocenters. The Labute approximate surface area is 135 Å². The minimum Gasteiger partial charge on any atom is -0.465 e. The van der Waals surface area contributed by atoms with Gasteiger partial charge in [-0.3, -0.25) is 9.47 Å². The lowest BCUT2D eigenvalue weighted by Crippen LogP contribution is -2.23. The van der Waals surface area contributed by atoms with Crippen LogP contribution in [-0.4, -0.2) is 26.0 Å². The second-order valence-corrected chi connectivity index (χ2v) is 6.03. The van der Waals surface area contributed by atoms with Crippen LogP contribution in [0.2, 0.25) is 0 Å². The summed E-state index contributed by atoms with van der Waals surface area (Å²) in [6.07, 6.45) is 7.81. The number of hydrogen-bond donors (Lipinski definition) is 0. The van der Waals surface area contributed by atoms with Crippen LogP contribution in [0.15, 0.2) is 53.5 Å². The van der Waals surface area contributed by atoms with Gasteiger partial charge in [0.25, 0.3) is 0 Å². The van der Waals surface area contributed by atoms with Crippen molar-refractivity contribution in [2.24, 2.45) is 0 Å². The topological polar surface area (TPSA) is 47.1 Å². The lowest BCUT2D eigenvalue weighted by molar-refractivity contribution is 0.223. The van der Waals surface area contributed by atoms with Gasteiger partial charge < -0.3 is 4.42 Å². The Balaban J connectivity index is 1.57. The quantitative estimate of drug-likeness (QED) is 0.740. The van der Waals surface area contributed by atoms with E-state index in [-0.39, 0.29) is 0 Å². The molecular weight excluding hydrogens is 288 g/mol. The monoisotopic (exact) mass is 308 g/mol. The van der Waals surface area contributed by atoms with Gasteiger partial charge in [-0.05, 0) is 50.6 Å². The van der Waals surface area contributed by atoms with Gasteiger partial charge in [0.1, 0.15) is 23.7 Å². The molecule has 1 aliphatic heterocycles. The van der Waals surface area contributed by atoms with E-state index in [1.165, 1.54) is 6.42 Å². The van der Waals surface area contributed by atoms with Crippen molar-refractivity contribution in [3.05, 3.63) is 66.3 Å². The number of nitrogens with zero attached hydrogens (tertiary/aromatic N) is 4. The molecule has 0 aromatic carbocycles. The summed E-state index contributed by atoms with van der Waals surface area (Å²) in [7, 11) is 0. The lowest BCUT2D eigenvalue weighted by Gasteiger charge is -2.23. The van der Waals surface area contributed by atoms with Crippen LogP contribution < -0.4 is 0 Å². The number of pyridine rings is 1. The normalized spacial score (nSPS) is 18.6. The van der Waals surface area contributed by atoms with E-state index in [4.69, 9.17) is 9.40 Å². The SMILES string of the molecule is Cc1ccc(CN2CCCC2c2cccc(-n3ccnc3)n2)o1. The zero-order chi connectivity index (χ0) is 15.6. The van der Waals surface area contributed by atoms with Gasteiger partial charge in [-0.1, -0.05) is 6.07 Å². The maximum Gasteiger partial charge on any atom is 0.138 e. The maximum absolute atomic E-state index is 5.74. The number of aromatic nitrogens is 3. The molecule has 1 fully saturated rings. The Morgan fingerprint density at radius 2 is 2.22 bits per heavy atom. The molecule has 4 rings (SSSR count). The molecule has 4 heterocycles. The Morgan fingerprint density at radius 1 is 1.26 bits per heavy atom. The van der Waals surface area contributed by atoms with Crippen LogP contribution in [0.5, 0.6) is 0 Å². The van der Waals surface area contributed by atoms with Crippen molar-refractivity contribution in [1.82, 2.24) is 19.4 Å². The lowest BCUT2D eigenvalue weighted by atomic mass is 10.1. The molecule has 0 bridgehead atoms. The molecule has 1 unspecified atom stereocenters. The van der Waals surface area contributed by atoms with E-state index in [2.05, 4.69) is 28.1 Å². The molecule has 23 heavy (non-hydrogen) atoms. The Bertz CT molecular complexity index is 778. The van der Waals surface area contributed by atoms with Gasteiger partial charge in [0.15, 0.2) is 0 Å². The van der Waals surface area contributed by atoms with E-state index >= 15 is 0 Å². The third kappa shape index (κ3) is 2.92. The number of rotatable bonds is 4. The smallest absolute Gasteiger partial charge is 0.138 e. The maximum atomic E-state index is 5.74. The fraction of sp³-hybridized carbons (Fsp3) is 0.333. The molecule has 0 spiro atoms. The van der Waals surface area contributed by atoms with Crippen LogP contribution in [0.1, 0.15) is 36.1 Å². The van der Waals surface area contributed by atoms with Crippen LogP contribution in [0.4, 0.5) is 0 Å². The number of aryl methyl sites for hydroxylation is 1. The summed E-state index contributed by atoms with van der Waals surface area (Å²) in [5.41, 5.74) is 1.12. The Kier molecular flexibility index (Phi) is 3.71. The van der Waals surface area contributed by atoms with Crippen molar-refractivity contribution < 1.29 is 4.42 Å². The summed E-state index contributed by atoms with van der Waals surface area (Å²) >= 11 is 0. The van der Waals surface area contributed by atoms with Crippen LogP contribution in [0.3, 0.4) is 0 Å². The predicted octanol–water partition coefficient (Wildman–Crippen LogP) is 3.51. The molecule has 5 heteroatoms. The van der Waals surface area contributed by atoms with E-state index in [1.807, 2.05) is 29.8 Å². The highest BCUT2D eigenvalue weighted by molar-refractivity contribution is 5.26. The van der Waals surface area contributed by atoms with Crippen molar-refractivity contribution in [2.75, 3.05) is 6.54 Å². The second kappa shape index (κ2) is 6.01. The molecule has 0 saturated carbocycles. The number of imidazole rings is 1. The standard InChI is InChI=1S/C18H20N4O/c1-14-7-8-15(23-14)12-21-10-3-5-17(21)16-4-2-6-18(20-16)22-11-9-19-13-22/h2,4,6-9,11,13,17H,3,5,10,12H2,1H3. The molecule has 3 aromatic heterocycles. The summed E-state index contributed by atoms with van der Waals surface area (Å²) in [4.78, 5) is 11.4. The van der Waals surface area contributed by atoms with E-state index in [9.17, 15) is 0 Å². The minimum absolute atomic E-state index is 0.351. The second-order valence-electron chi connectivity index (χ2n) is 6.03. The predicted molar refractivity (Wildman–Crippen MR) is 87.2 cm³/mol. The third-order valence-corrected chi connectivity index (χ3v) is 4.38. The molecule has 0 N–H and O–H groups in total. The van der Waals surface area contributed by atoms with Crippen LogP contribution in [0.25, 0.3) is 5.82 Å². The molecular formula is C18H20N4O. The average molecular weight is 308 g/mol. The Hall–Kier alpha value is -2.40. The van der Waals surface area contributed by atoms with E-state index < -0.39 is 0 Å². The number of furan rings is 1. The fourth-order valence-electron chi connectivity index (χ4n) is 3.28. The number of hydrogen-bond acceptors (Lipinski definition) is 4. The van der Waals surface area contributed by atoms with Crippen molar-refractivity contribution >= 4 is 0 Å². The average Bonchev–Trinajstić information content (AvgIpc) is 3.30. The summed E-state index contributed by atoms with van der Waals surface area (Å²) in [5.74, 6) is 2.91. The first-order valence-electron chi connectivity index (χ1n) is 8.04. The van der Waals surface area contributed by atoms with Crippen LogP contribution in [0, 0.1) is 6.92 Å².